The van der Waals surface area contributed by atoms with Gasteiger partial charge in [-0.05, 0) is 0 Å². The average molecular weight is 341 g/mol. The van der Waals surface area contributed by atoms with Crippen molar-refractivity contribution < 1.29 is 0 Å². The van der Waals surface area contributed by atoms with Crippen LogP contribution in [0.1, 0.15) is 0 Å². The van der Waals surface area contributed by atoms with E-state index in [1.165, 1.54) is 0 Å². The van der Waals surface area contributed by atoms with Gasteiger partial charge < -0.3 is 0 Å². The zero-order valence-electron chi connectivity index (χ0n) is 11.4. The molecular formula is C14H26N2Sn. The molecule has 0 saturated heterocycles. The Bertz CT molecular complexity index is 225. The van der Waals surface area contributed by atoms with Gasteiger partial charge in [0, 0.05) is 0 Å². The summed E-state index contributed by atoms with van der Waals surface area (Å²) in [6, 6.07) is 0. The van der Waals surface area contributed by atoms with Gasteiger partial charge in [-0.25, -0.2) is 0 Å². The first-order chi connectivity index (χ1) is 8.04. The third kappa shape index (κ3) is 5.23. The maximum atomic E-state index is 3.85. The van der Waals surface area contributed by atoms with Crippen LogP contribution in [-0.4, -0.2) is 51.3 Å². The first-order valence-corrected chi connectivity index (χ1v) is 14.2. The molecule has 0 aliphatic heterocycles. The van der Waals surface area contributed by atoms with Gasteiger partial charge in [0.05, 0.1) is 0 Å². The Morgan fingerprint density at radius 2 is 0.941 bits per heavy atom. The zero-order valence-corrected chi connectivity index (χ0v) is 14.2. The minimum atomic E-state index is -2.48. The SMILES string of the molecule is C=CC[N](CC=C)[Sn]([CH3])([CH3])[N](CC=C)CC=C. The molecule has 0 rings (SSSR count). The second-order valence-corrected chi connectivity index (χ2v) is 16.6. The fourth-order valence-electron chi connectivity index (χ4n) is 1.87. The molecule has 0 saturated carbocycles. The van der Waals surface area contributed by atoms with E-state index in [4.69, 9.17) is 0 Å². The molecule has 0 unspecified atom stereocenters. The van der Waals surface area contributed by atoms with Crippen LogP contribution < -0.4 is 0 Å². The number of nitrogens with zero attached hydrogens (tertiary/aromatic N) is 2. The summed E-state index contributed by atoms with van der Waals surface area (Å²) >= 11 is -2.48. The molecule has 0 aromatic heterocycles. The van der Waals surface area contributed by atoms with Crippen molar-refractivity contribution in [3.63, 3.8) is 0 Å². The number of hydrogen-bond acceptors (Lipinski definition) is 2. The van der Waals surface area contributed by atoms with Gasteiger partial charge in [-0.1, -0.05) is 0 Å². The van der Waals surface area contributed by atoms with E-state index in [9.17, 15) is 0 Å². The van der Waals surface area contributed by atoms with Crippen LogP contribution in [0.5, 0.6) is 0 Å². The molecule has 0 aromatic carbocycles. The van der Waals surface area contributed by atoms with Crippen molar-refractivity contribution in [3.8, 4) is 0 Å². The van der Waals surface area contributed by atoms with Crippen LogP contribution in [0, 0.1) is 0 Å². The third-order valence-electron chi connectivity index (χ3n) is 2.95. The Kier molecular flexibility index (Phi) is 8.56. The van der Waals surface area contributed by atoms with Crippen molar-refractivity contribution in [2.45, 2.75) is 9.88 Å². The van der Waals surface area contributed by atoms with Crippen molar-refractivity contribution in [1.82, 2.24) is 6.24 Å². The molecule has 3 heteroatoms. The maximum absolute atomic E-state index is 3.85. The van der Waals surface area contributed by atoms with Crippen LogP contribution in [0.4, 0.5) is 0 Å². The van der Waals surface area contributed by atoms with Crippen LogP contribution in [0.3, 0.4) is 0 Å². The molecule has 0 heterocycles. The van der Waals surface area contributed by atoms with E-state index in [1.54, 1.807) is 0 Å². The third-order valence-corrected chi connectivity index (χ3v) is 13.9. The van der Waals surface area contributed by atoms with Gasteiger partial charge in [-0.15, -0.1) is 0 Å². The quantitative estimate of drug-likeness (QED) is 0.445. The summed E-state index contributed by atoms with van der Waals surface area (Å²) in [5.74, 6) is 0. The Labute approximate surface area is 112 Å². The van der Waals surface area contributed by atoms with Crippen LogP contribution >= 0.6 is 0 Å². The molecule has 0 spiro atoms. The summed E-state index contributed by atoms with van der Waals surface area (Å²) in [6.45, 7) is 19.1. The van der Waals surface area contributed by atoms with E-state index in [1.807, 2.05) is 24.3 Å². The van der Waals surface area contributed by atoms with Crippen LogP contribution in [0.2, 0.25) is 9.88 Å². The molecule has 0 bridgehead atoms. The van der Waals surface area contributed by atoms with Crippen molar-refractivity contribution in [1.29, 1.82) is 0 Å². The fraction of sp³-hybridized carbons (Fsp3) is 0.429. The van der Waals surface area contributed by atoms with Gasteiger partial charge in [-0.3, -0.25) is 0 Å². The topological polar surface area (TPSA) is 6.48 Å². The molecule has 0 N–H and O–H groups in total. The summed E-state index contributed by atoms with van der Waals surface area (Å²) in [6.07, 6.45) is 7.90. The standard InChI is InChI=1S/2C6H10N.2CH3.Sn/c2*1-3-5-7-6-4-2;;;/h2*3-4H,1-2,5-6H2;2*1H3;/q2*-1;;;+2. The Hall–Kier alpha value is -0.321. The van der Waals surface area contributed by atoms with Gasteiger partial charge in [0.2, 0.25) is 0 Å². The second kappa shape index (κ2) is 8.72. The van der Waals surface area contributed by atoms with Crippen LogP contribution in [-0.2, 0) is 0 Å². The van der Waals surface area contributed by atoms with Crippen molar-refractivity contribution in [3.05, 3.63) is 50.6 Å². The number of rotatable bonds is 10. The molecule has 2 nitrogen and oxygen atoms in total. The molecule has 0 fully saturated rings. The molecule has 0 amide bonds. The Balaban J connectivity index is 4.94. The summed E-state index contributed by atoms with van der Waals surface area (Å²) in [7, 11) is 0. The van der Waals surface area contributed by atoms with Gasteiger partial charge in [-0.2, -0.15) is 0 Å². The Morgan fingerprint density at radius 3 is 1.12 bits per heavy atom. The second-order valence-electron chi connectivity index (χ2n) is 4.46. The van der Waals surface area contributed by atoms with Crippen LogP contribution in [0.25, 0.3) is 0 Å². The molecule has 0 atom stereocenters. The van der Waals surface area contributed by atoms with E-state index < -0.39 is 18.9 Å². The fourth-order valence-corrected chi connectivity index (χ4v) is 9.58. The summed E-state index contributed by atoms with van der Waals surface area (Å²) < 4.78 is 5.06. The van der Waals surface area contributed by atoms with Gasteiger partial charge in [0.1, 0.15) is 0 Å². The first kappa shape index (κ1) is 16.7. The van der Waals surface area contributed by atoms with Gasteiger partial charge in [0.25, 0.3) is 0 Å². The predicted octanol–water partition coefficient (Wildman–Crippen LogP) is 3.04. The normalized spacial score (nSPS) is 11.5. The summed E-state index contributed by atoms with van der Waals surface area (Å²) in [5, 5.41) is 0. The molecule has 17 heavy (non-hydrogen) atoms. The van der Waals surface area contributed by atoms with Gasteiger partial charge in [0.15, 0.2) is 0 Å². The van der Waals surface area contributed by atoms with E-state index in [0.717, 1.165) is 26.2 Å². The first-order valence-electron chi connectivity index (χ1n) is 5.98. The van der Waals surface area contributed by atoms with Crippen molar-refractivity contribution in [2.24, 2.45) is 0 Å². The summed E-state index contributed by atoms with van der Waals surface area (Å²) in [4.78, 5) is 4.82. The molecule has 0 aliphatic carbocycles. The minimum absolute atomic E-state index is 0.930. The van der Waals surface area contributed by atoms with E-state index in [0.29, 0.717) is 0 Å². The zero-order chi connectivity index (χ0) is 13.3. The molecular weight excluding hydrogens is 315 g/mol. The number of hydrogen-bond donors (Lipinski definition) is 0. The van der Waals surface area contributed by atoms with E-state index >= 15 is 0 Å². The van der Waals surface area contributed by atoms with Gasteiger partial charge >= 0.3 is 112 Å². The van der Waals surface area contributed by atoms with E-state index in [2.05, 4.69) is 42.4 Å². The molecule has 96 valence electrons. The molecule has 0 radical (unpaired) electrons. The molecule has 0 aromatic rings. The molecule has 0 aliphatic rings. The Morgan fingerprint density at radius 1 is 0.706 bits per heavy atom. The van der Waals surface area contributed by atoms with Crippen molar-refractivity contribution >= 4 is 18.9 Å². The average Bonchev–Trinajstić information content (AvgIpc) is 2.28. The predicted molar refractivity (Wildman–Crippen MR) is 81.4 cm³/mol. The van der Waals surface area contributed by atoms with Crippen LogP contribution in [0.15, 0.2) is 50.6 Å². The monoisotopic (exact) mass is 342 g/mol. The van der Waals surface area contributed by atoms with E-state index in [-0.39, 0.29) is 0 Å². The summed E-state index contributed by atoms with van der Waals surface area (Å²) in [5.41, 5.74) is 0. The van der Waals surface area contributed by atoms with Crippen molar-refractivity contribution in [2.75, 3.05) is 26.2 Å².